The van der Waals surface area contributed by atoms with Crippen LogP contribution in [0.4, 0.5) is 17.1 Å². The summed E-state index contributed by atoms with van der Waals surface area (Å²) in [5.74, 6) is 0. The number of fused-ring (bicyclic) bond motifs is 5. The van der Waals surface area contributed by atoms with Gasteiger partial charge in [-0.15, -0.1) is 11.3 Å². The fourth-order valence-corrected chi connectivity index (χ4v) is 8.78. The second kappa shape index (κ2) is 12.7. The maximum Gasteiger partial charge on any atom is 0.0467 e. The van der Waals surface area contributed by atoms with E-state index in [2.05, 4.69) is 205 Å². The molecular formula is C50H33NS. The Hall–Kier alpha value is -6.48. The fourth-order valence-electron chi connectivity index (χ4n) is 7.62. The lowest BCUT2D eigenvalue weighted by molar-refractivity contribution is 1.28. The topological polar surface area (TPSA) is 3.24 Å². The molecule has 1 aromatic heterocycles. The lowest BCUT2D eigenvalue weighted by Gasteiger charge is -2.26. The maximum absolute atomic E-state index is 2.37. The Kier molecular flexibility index (Phi) is 7.41. The molecule has 0 atom stereocenters. The third-order valence-electron chi connectivity index (χ3n) is 10.2. The zero-order chi connectivity index (χ0) is 34.4. The Labute approximate surface area is 307 Å². The van der Waals surface area contributed by atoms with Crippen LogP contribution in [0.15, 0.2) is 200 Å². The number of hydrogen-bond donors (Lipinski definition) is 0. The first-order valence-corrected chi connectivity index (χ1v) is 18.6. The molecule has 10 rings (SSSR count). The van der Waals surface area contributed by atoms with Crippen LogP contribution < -0.4 is 4.90 Å². The van der Waals surface area contributed by atoms with Gasteiger partial charge in [0, 0.05) is 37.2 Å². The highest BCUT2D eigenvalue weighted by Crippen LogP contribution is 2.43. The van der Waals surface area contributed by atoms with Gasteiger partial charge in [-0.25, -0.2) is 0 Å². The van der Waals surface area contributed by atoms with E-state index < -0.39 is 0 Å². The van der Waals surface area contributed by atoms with Crippen molar-refractivity contribution < 1.29 is 0 Å². The Morgan fingerprint density at radius 2 is 0.865 bits per heavy atom. The van der Waals surface area contributed by atoms with Gasteiger partial charge in [0.2, 0.25) is 0 Å². The Morgan fingerprint density at radius 1 is 0.308 bits per heavy atom. The second-order valence-electron chi connectivity index (χ2n) is 13.4. The average molecular weight is 680 g/mol. The molecule has 0 aliphatic heterocycles. The smallest absolute Gasteiger partial charge is 0.0467 e. The molecule has 1 nitrogen and oxygen atoms in total. The zero-order valence-corrected chi connectivity index (χ0v) is 29.2. The number of nitrogens with zero attached hydrogens (tertiary/aromatic N) is 1. The van der Waals surface area contributed by atoms with Crippen LogP contribution in [0, 0.1) is 0 Å². The fraction of sp³-hybridized carbons (Fsp3) is 0. The first-order valence-electron chi connectivity index (χ1n) is 17.7. The summed E-state index contributed by atoms with van der Waals surface area (Å²) in [4.78, 5) is 2.37. The minimum absolute atomic E-state index is 1.11. The number of rotatable bonds is 6. The van der Waals surface area contributed by atoms with Crippen molar-refractivity contribution in [3.8, 4) is 33.4 Å². The molecule has 1 heterocycles. The van der Waals surface area contributed by atoms with Crippen molar-refractivity contribution in [2.24, 2.45) is 0 Å². The highest BCUT2D eigenvalue weighted by Gasteiger charge is 2.16. The van der Waals surface area contributed by atoms with Gasteiger partial charge in [-0.1, -0.05) is 140 Å². The lowest BCUT2D eigenvalue weighted by atomic mass is 9.97. The number of benzene rings is 9. The van der Waals surface area contributed by atoms with Crippen LogP contribution in [-0.4, -0.2) is 0 Å². The van der Waals surface area contributed by atoms with Crippen LogP contribution in [0.5, 0.6) is 0 Å². The Morgan fingerprint density at radius 3 is 1.62 bits per heavy atom. The van der Waals surface area contributed by atoms with Gasteiger partial charge in [0.05, 0.1) is 0 Å². The standard InChI is InChI=1S/C50H33NS/c1-2-10-34(11-3-1)39-16-8-17-45(31-39)51(43-26-22-36(23-27-43)42-21-20-35-12-4-5-13-38(35)30-42)44-28-24-37(25-29-44)46-18-9-19-48-50(46)47-32-40-14-6-7-15-41(40)33-49(47)52-48/h1-33H. The van der Waals surface area contributed by atoms with Gasteiger partial charge < -0.3 is 4.90 Å². The van der Waals surface area contributed by atoms with Crippen molar-refractivity contribution in [3.05, 3.63) is 200 Å². The van der Waals surface area contributed by atoms with Crippen molar-refractivity contribution >= 4 is 70.1 Å². The summed E-state index contributed by atoms with van der Waals surface area (Å²) in [6.45, 7) is 0. The summed E-state index contributed by atoms with van der Waals surface area (Å²) in [5.41, 5.74) is 10.6. The second-order valence-corrected chi connectivity index (χ2v) is 14.5. The molecule has 0 N–H and O–H groups in total. The van der Waals surface area contributed by atoms with Gasteiger partial charge >= 0.3 is 0 Å². The minimum atomic E-state index is 1.11. The van der Waals surface area contributed by atoms with E-state index in [1.807, 2.05) is 11.3 Å². The van der Waals surface area contributed by atoms with E-state index in [9.17, 15) is 0 Å². The number of thiophene rings is 1. The quantitative estimate of drug-likeness (QED) is 0.169. The van der Waals surface area contributed by atoms with E-state index in [4.69, 9.17) is 0 Å². The maximum atomic E-state index is 2.37. The predicted molar refractivity (Wildman–Crippen MR) is 225 cm³/mol. The van der Waals surface area contributed by atoms with Crippen LogP contribution in [0.1, 0.15) is 0 Å². The zero-order valence-electron chi connectivity index (χ0n) is 28.4. The molecule has 0 spiro atoms. The Balaban J connectivity index is 1.07. The molecule has 9 aromatic carbocycles. The molecule has 244 valence electrons. The summed E-state index contributed by atoms with van der Waals surface area (Å²) >= 11 is 1.88. The monoisotopic (exact) mass is 679 g/mol. The molecule has 0 saturated heterocycles. The van der Waals surface area contributed by atoms with E-state index in [0.29, 0.717) is 0 Å². The van der Waals surface area contributed by atoms with Crippen molar-refractivity contribution in [1.29, 1.82) is 0 Å². The van der Waals surface area contributed by atoms with Crippen molar-refractivity contribution in [2.45, 2.75) is 0 Å². The molecule has 0 radical (unpaired) electrons. The summed E-state index contributed by atoms with van der Waals surface area (Å²) in [7, 11) is 0. The molecule has 0 aliphatic carbocycles. The van der Waals surface area contributed by atoms with Crippen LogP contribution in [0.2, 0.25) is 0 Å². The first kappa shape index (κ1) is 30.4. The van der Waals surface area contributed by atoms with Gasteiger partial charge in [0.15, 0.2) is 0 Å². The SMILES string of the molecule is c1ccc(-c2cccc(N(c3ccc(-c4ccc5ccccc5c4)cc3)c3ccc(-c4cccc5sc6cc7ccccc7cc6c45)cc3)c2)cc1. The largest absolute Gasteiger partial charge is 0.310 e. The van der Waals surface area contributed by atoms with Crippen molar-refractivity contribution in [1.82, 2.24) is 0 Å². The van der Waals surface area contributed by atoms with E-state index >= 15 is 0 Å². The van der Waals surface area contributed by atoms with Crippen LogP contribution in [0.25, 0.3) is 75.1 Å². The van der Waals surface area contributed by atoms with Gasteiger partial charge in [0.1, 0.15) is 0 Å². The summed E-state index contributed by atoms with van der Waals surface area (Å²) in [5, 5.41) is 7.73. The van der Waals surface area contributed by atoms with Gasteiger partial charge in [-0.2, -0.15) is 0 Å². The molecular weight excluding hydrogens is 647 g/mol. The molecule has 0 aliphatic rings. The number of hydrogen-bond acceptors (Lipinski definition) is 2. The van der Waals surface area contributed by atoms with Crippen LogP contribution in [-0.2, 0) is 0 Å². The summed E-state index contributed by atoms with van der Waals surface area (Å²) < 4.78 is 2.65. The highest BCUT2D eigenvalue weighted by atomic mass is 32.1. The third-order valence-corrected chi connectivity index (χ3v) is 11.3. The van der Waals surface area contributed by atoms with Gasteiger partial charge in [-0.05, 0) is 116 Å². The van der Waals surface area contributed by atoms with Crippen molar-refractivity contribution in [2.75, 3.05) is 4.90 Å². The van der Waals surface area contributed by atoms with E-state index in [1.165, 1.54) is 75.1 Å². The summed E-state index contributed by atoms with van der Waals surface area (Å²) in [6.07, 6.45) is 0. The summed E-state index contributed by atoms with van der Waals surface area (Å²) in [6, 6.07) is 72.9. The number of anilines is 3. The van der Waals surface area contributed by atoms with Gasteiger partial charge in [-0.3, -0.25) is 0 Å². The van der Waals surface area contributed by atoms with Crippen LogP contribution >= 0.6 is 11.3 Å². The molecule has 10 aromatic rings. The first-order chi connectivity index (χ1) is 25.7. The molecule has 0 bridgehead atoms. The molecule has 0 unspecified atom stereocenters. The van der Waals surface area contributed by atoms with Crippen LogP contribution in [0.3, 0.4) is 0 Å². The molecule has 52 heavy (non-hydrogen) atoms. The van der Waals surface area contributed by atoms with E-state index in [1.54, 1.807) is 0 Å². The highest BCUT2D eigenvalue weighted by molar-refractivity contribution is 7.26. The molecule has 2 heteroatoms. The lowest BCUT2D eigenvalue weighted by Crippen LogP contribution is -2.10. The normalized spacial score (nSPS) is 11.5. The third kappa shape index (κ3) is 5.42. The average Bonchev–Trinajstić information content (AvgIpc) is 3.58. The van der Waals surface area contributed by atoms with Crippen molar-refractivity contribution in [3.63, 3.8) is 0 Å². The molecule has 0 saturated carbocycles. The van der Waals surface area contributed by atoms with E-state index in [-0.39, 0.29) is 0 Å². The molecule has 0 fully saturated rings. The van der Waals surface area contributed by atoms with Gasteiger partial charge in [0.25, 0.3) is 0 Å². The predicted octanol–water partition coefficient (Wildman–Crippen LogP) is 14.8. The van der Waals surface area contributed by atoms with E-state index in [0.717, 1.165) is 17.1 Å². The molecule has 0 amide bonds. The Bertz CT molecular complexity index is 2890. The minimum Gasteiger partial charge on any atom is -0.310 e.